The fraction of sp³-hybridized carbons (Fsp3) is 0.562. The Hall–Kier alpha value is -1.99. The average molecular weight is 348 g/mol. The molecule has 0 radical (unpaired) electrons. The summed E-state index contributed by atoms with van der Waals surface area (Å²) >= 11 is 0. The molecule has 2 rings (SSSR count). The number of alkyl halides is 3. The van der Waals surface area contributed by atoms with E-state index < -0.39 is 29.3 Å². The number of benzene rings is 1. The standard InChI is InChI=1S/C16H20F4N2O2/c1-15(2,3)24-14(23)21-11-6-7-22(9-11)13-5-4-10(8-12(13)17)16(18,19)20/h4-5,8,11H,6-7,9H2,1-3H3,(H,21,23)/t11-/m1/s1. The number of rotatable bonds is 2. The van der Waals surface area contributed by atoms with E-state index in [0.717, 1.165) is 12.1 Å². The van der Waals surface area contributed by atoms with E-state index in [2.05, 4.69) is 5.32 Å². The molecule has 0 aliphatic carbocycles. The van der Waals surface area contributed by atoms with Crippen LogP contribution < -0.4 is 10.2 Å². The lowest BCUT2D eigenvalue weighted by Gasteiger charge is -2.23. The summed E-state index contributed by atoms with van der Waals surface area (Å²) in [7, 11) is 0. The van der Waals surface area contributed by atoms with Crippen molar-refractivity contribution in [1.29, 1.82) is 0 Å². The summed E-state index contributed by atoms with van der Waals surface area (Å²) in [6, 6.07) is 2.21. The fourth-order valence-electron chi connectivity index (χ4n) is 2.51. The van der Waals surface area contributed by atoms with Crippen LogP contribution in [0.2, 0.25) is 0 Å². The summed E-state index contributed by atoms with van der Waals surface area (Å²) in [6.07, 6.45) is -4.59. The molecule has 1 saturated heterocycles. The van der Waals surface area contributed by atoms with E-state index in [1.54, 1.807) is 25.7 Å². The minimum absolute atomic E-state index is 0.0940. The molecule has 1 N–H and O–H groups in total. The summed E-state index contributed by atoms with van der Waals surface area (Å²) in [4.78, 5) is 13.3. The lowest BCUT2D eigenvalue weighted by molar-refractivity contribution is -0.137. The second-order valence-corrected chi connectivity index (χ2v) is 6.74. The normalized spacial score (nSPS) is 18.6. The maximum Gasteiger partial charge on any atom is 0.416 e. The highest BCUT2D eigenvalue weighted by molar-refractivity contribution is 5.68. The van der Waals surface area contributed by atoms with Gasteiger partial charge in [-0.1, -0.05) is 0 Å². The first-order chi connectivity index (χ1) is 11.0. The summed E-state index contributed by atoms with van der Waals surface area (Å²) < 4.78 is 56.9. The predicted molar refractivity (Wildman–Crippen MR) is 81.4 cm³/mol. The number of carbonyl (C=O) groups excluding carboxylic acids is 1. The van der Waals surface area contributed by atoms with E-state index >= 15 is 0 Å². The van der Waals surface area contributed by atoms with E-state index in [0.29, 0.717) is 25.6 Å². The van der Waals surface area contributed by atoms with Crippen molar-refractivity contribution in [2.24, 2.45) is 0 Å². The zero-order valence-electron chi connectivity index (χ0n) is 13.7. The quantitative estimate of drug-likeness (QED) is 0.823. The number of nitrogens with one attached hydrogen (secondary N) is 1. The van der Waals surface area contributed by atoms with Gasteiger partial charge in [-0.25, -0.2) is 9.18 Å². The van der Waals surface area contributed by atoms with Gasteiger partial charge in [0.1, 0.15) is 11.4 Å². The number of carbonyl (C=O) groups is 1. The zero-order valence-corrected chi connectivity index (χ0v) is 13.7. The Morgan fingerprint density at radius 3 is 2.50 bits per heavy atom. The van der Waals surface area contributed by atoms with Crippen molar-refractivity contribution in [2.45, 2.75) is 45.0 Å². The third kappa shape index (κ3) is 4.75. The van der Waals surface area contributed by atoms with Crippen molar-refractivity contribution in [3.8, 4) is 0 Å². The molecule has 1 fully saturated rings. The SMILES string of the molecule is CC(C)(C)OC(=O)N[C@@H]1CCN(c2ccc(C(F)(F)F)cc2F)C1. The topological polar surface area (TPSA) is 41.6 Å². The zero-order chi connectivity index (χ0) is 18.1. The lowest BCUT2D eigenvalue weighted by atomic mass is 10.2. The van der Waals surface area contributed by atoms with Crippen LogP contribution >= 0.6 is 0 Å². The van der Waals surface area contributed by atoms with Gasteiger partial charge < -0.3 is 15.0 Å². The van der Waals surface area contributed by atoms with Crippen LogP contribution in [0.25, 0.3) is 0 Å². The first kappa shape index (κ1) is 18.4. The molecule has 8 heteroatoms. The van der Waals surface area contributed by atoms with Crippen molar-refractivity contribution in [2.75, 3.05) is 18.0 Å². The van der Waals surface area contributed by atoms with E-state index in [4.69, 9.17) is 4.74 Å². The molecule has 0 spiro atoms. The van der Waals surface area contributed by atoms with E-state index in [9.17, 15) is 22.4 Å². The van der Waals surface area contributed by atoms with Gasteiger partial charge in [-0.3, -0.25) is 0 Å². The Balaban J connectivity index is 2.00. The Kier molecular flexibility index (Phi) is 4.96. The largest absolute Gasteiger partial charge is 0.444 e. The molecule has 0 bridgehead atoms. The smallest absolute Gasteiger partial charge is 0.416 e. The maximum absolute atomic E-state index is 14.0. The molecule has 1 heterocycles. The van der Waals surface area contributed by atoms with E-state index in [1.165, 1.54) is 0 Å². The Morgan fingerprint density at radius 1 is 1.29 bits per heavy atom. The molecule has 1 aromatic carbocycles. The molecule has 1 aromatic rings. The van der Waals surface area contributed by atoms with Crippen LogP contribution in [-0.4, -0.2) is 30.8 Å². The van der Waals surface area contributed by atoms with Crippen LogP contribution in [0.3, 0.4) is 0 Å². The molecule has 0 unspecified atom stereocenters. The number of hydrogen-bond donors (Lipinski definition) is 1. The van der Waals surface area contributed by atoms with Gasteiger partial charge in [0.2, 0.25) is 0 Å². The van der Waals surface area contributed by atoms with Gasteiger partial charge in [0, 0.05) is 13.1 Å². The number of anilines is 1. The summed E-state index contributed by atoms with van der Waals surface area (Å²) in [5, 5.41) is 2.68. The highest BCUT2D eigenvalue weighted by Crippen LogP contribution is 2.33. The molecule has 1 amide bonds. The highest BCUT2D eigenvalue weighted by atomic mass is 19.4. The Morgan fingerprint density at radius 2 is 1.96 bits per heavy atom. The first-order valence-corrected chi connectivity index (χ1v) is 7.57. The van der Waals surface area contributed by atoms with Gasteiger partial charge in [0.05, 0.1) is 17.3 Å². The second-order valence-electron chi connectivity index (χ2n) is 6.74. The Bertz CT molecular complexity index is 611. The molecule has 0 aromatic heterocycles. The number of amides is 1. The van der Waals surface area contributed by atoms with Crippen molar-refractivity contribution in [3.63, 3.8) is 0 Å². The van der Waals surface area contributed by atoms with Crippen molar-refractivity contribution < 1.29 is 27.1 Å². The predicted octanol–water partition coefficient (Wildman–Crippen LogP) is 3.95. The van der Waals surface area contributed by atoms with Crippen molar-refractivity contribution >= 4 is 11.8 Å². The van der Waals surface area contributed by atoms with Gasteiger partial charge in [-0.2, -0.15) is 13.2 Å². The first-order valence-electron chi connectivity index (χ1n) is 7.57. The van der Waals surface area contributed by atoms with Crippen LogP contribution in [0, 0.1) is 5.82 Å². The molecule has 4 nitrogen and oxygen atoms in total. The number of ether oxygens (including phenoxy) is 1. The van der Waals surface area contributed by atoms with E-state index in [-0.39, 0.29) is 11.7 Å². The van der Waals surface area contributed by atoms with Crippen LogP contribution in [0.1, 0.15) is 32.8 Å². The minimum Gasteiger partial charge on any atom is -0.444 e. The molecule has 1 atom stereocenters. The monoisotopic (exact) mass is 348 g/mol. The number of halogens is 4. The van der Waals surface area contributed by atoms with Crippen LogP contribution in [0.5, 0.6) is 0 Å². The molecular formula is C16H20F4N2O2. The fourth-order valence-corrected chi connectivity index (χ4v) is 2.51. The molecule has 1 aliphatic heterocycles. The lowest BCUT2D eigenvalue weighted by Crippen LogP contribution is -2.40. The van der Waals surface area contributed by atoms with Gasteiger partial charge in [0.25, 0.3) is 0 Å². The number of hydrogen-bond acceptors (Lipinski definition) is 3. The van der Waals surface area contributed by atoms with Crippen molar-refractivity contribution in [1.82, 2.24) is 5.32 Å². The summed E-state index contributed by atoms with van der Waals surface area (Å²) in [5.41, 5.74) is -1.55. The highest BCUT2D eigenvalue weighted by Gasteiger charge is 2.33. The molecule has 0 saturated carbocycles. The molecule has 134 valence electrons. The molecular weight excluding hydrogens is 328 g/mol. The second kappa shape index (κ2) is 6.49. The van der Waals surface area contributed by atoms with Gasteiger partial charge in [-0.15, -0.1) is 0 Å². The van der Waals surface area contributed by atoms with E-state index in [1.807, 2.05) is 0 Å². The third-order valence-corrected chi connectivity index (χ3v) is 3.52. The third-order valence-electron chi connectivity index (χ3n) is 3.52. The van der Waals surface area contributed by atoms with Crippen LogP contribution in [0.15, 0.2) is 18.2 Å². The average Bonchev–Trinajstić information content (AvgIpc) is 2.83. The summed E-state index contributed by atoms with van der Waals surface area (Å²) in [5.74, 6) is -0.928. The summed E-state index contributed by atoms with van der Waals surface area (Å²) in [6.45, 7) is 5.96. The van der Waals surface area contributed by atoms with Gasteiger partial charge in [-0.05, 0) is 45.4 Å². The number of nitrogens with zero attached hydrogens (tertiary/aromatic N) is 1. The molecule has 1 aliphatic rings. The van der Waals surface area contributed by atoms with Gasteiger partial charge in [0.15, 0.2) is 0 Å². The van der Waals surface area contributed by atoms with Crippen molar-refractivity contribution in [3.05, 3.63) is 29.6 Å². The molecule has 24 heavy (non-hydrogen) atoms. The van der Waals surface area contributed by atoms with Gasteiger partial charge >= 0.3 is 12.3 Å². The Labute approximate surface area is 137 Å². The number of alkyl carbamates (subject to hydrolysis) is 1. The van der Waals surface area contributed by atoms with Crippen LogP contribution in [-0.2, 0) is 10.9 Å². The minimum atomic E-state index is -4.58. The van der Waals surface area contributed by atoms with Crippen LogP contribution in [0.4, 0.5) is 28.0 Å². The maximum atomic E-state index is 14.0.